The predicted molar refractivity (Wildman–Crippen MR) is 75.2 cm³/mol. The fourth-order valence-electron chi connectivity index (χ4n) is 2.38. The first-order valence-corrected chi connectivity index (χ1v) is 6.95. The minimum absolute atomic E-state index is 0.0372. The van der Waals surface area contributed by atoms with Gasteiger partial charge in [0, 0.05) is 18.2 Å². The summed E-state index contributed by atoms with van der Waals surface area (Å²) in [4.78, 5) is 25.3. The van der Waals surface area contributed by atoms with Crippen LogP contribution < -0.4 is 10.1 Å². The SMILES string of the molecule is CCCC1NC(=O)CN(Cc2ccc(OC)cc2F)C1=O. The van der Waals surface area contributed by atoms with Gasteiger partial charge in [-0.25, -0.2) is 4.39 Å². The highest BCUT2D eigenvalue weighted by Crippen LogP contribution is 2.19. The summed E-state index contributed by atoms with van der Waals surface area (Å²) in [5, 5.41) is 2.67. The van der Waals surface area contributed by atoms with E-state index in [9.17, 15) is 14.0 Å². The van der Waals surface area contributed by atoms with Gasteiger partial charge in [-0.1, -0.05) is 19.4 Å². The van der Waals surface area contributed by atoms with Crippen molar-refractivity contribution < 1.29 is 18.7 Å². The van der Waals surface area contributed by atoms with Crippen molar-refractivity contribution in [2.75, 3.05) is 13.7 Å². The predicted octanol–water partition coefficient (Wildman–Crippen LogP) is 1.46. The van der Waals surface area contributed by atoms with Gasteiger partial charge in [0.2, 0.25) is 11.8 Å². The minimum atomic E-state index is -0.502. The Balaban J connectivity index is 2.14. The molecule has 2 rings (SSSR count). The highest BCUT2D eigenvalue weighted by molar-refractivity contribution is 5.94. The van der Waals surface area contributed by atoms with Crippen LogP contribution in [0.4, 0.5) is 4.39 Å². The van der Waals surface area contributed by atoms with Gasteiger partial charge in [-0.2, -0.15) is 0 Å². The summed E-state index contributed by atoms with van der Waals surface area (Å²) in [7, 11) is 1.46. The summed E-state index contributed by atoms with van der Waals surface area (Å²) >= 11 is 0. The number of rotatable bonds is 5. The van der Waals surface area contributed by atoms with Crippen molar-refractivity contribution >= 4 is 11.8 Å². The second-order valence-corrected chi connectivity index (χ2v) is 5.06. The number of carbonyl (C=O) groups is 2. The number of nitrogens with one attached hydrogen (secondary N) is 1. The average molecular weight is 294 g/mol. The molecular weight excluding hydrogens is 275 g/mol. The lowest BCUT2D eigenvalue weighted by molar-refractivity contribution is -0.145. The Morgan fingerprint density at radius 2 is 2.19 bits per heavy atom. The molecule has 1 unspecified atom stereocenters. The van der Waals surface area contributed by atoms with Crippen molar-refractivity contribution in [3.8, 4) is 5.75 Å². The van der Waals surface area contributed by atoms with Crippen LogP contribution in [-0.2, 0) is 16.1 Å². The molecule has 0 saturated carbocycles. The van der Waals surface area contributed by atoms with Crippen molar-refractivity contribution in [3.63, 3.8) is 0 Å². The quantitative estimate of drug-likeness (QED) is 0.894. The molecule has 0 radical (unpaired) electrons. The number of carbonyl (C=O) groups excluding carboxylic acids is 2. The fraction of sp³-hybridized carbons (Fsp3) is 0.467. The van der Waals surface area contributed by atoms with Crippen molar-refractivity contribution in [1.82, 2.24) is 10.2 Å². The van der Waals surface area contributed by atoms with Crippen molar-refractivity contribution in [2.45, 2.75) is 32.4 Å². The van der Waals surface area contributed by atoms with E-state index >= 15 is 0 Å². The van der Waals surface area contributed by atoms with Gasteiger partial charge in [0.15, 0.2) is 0 Å². The van der Waals surface area contributed by atoms with Crippen LogP contribution in [-0.4, -0.2) is 36.4 Å². The van der Waals surface area contributed by atoms with Crippen molar-refractivity contribution in [2.24, 2.45) is 0 Å². The van der Waals surface area contributed by atoms with Gasteiger partial charge >= 0.3 is 0 Å². The smallest absolute Gasteiger partial charge is 0.245 e. The van der Waals surface area contributed by atoms with E-state index in [1.54, 1.807) is 12.1 Å². The topological polar surface area (TPSA) is 58.6 Å². The molecular formula is C15H19FN2O3. The van der Waals surface area contributed by atoms with Crippen LogP contribution in [0.3, 0.4) is 0 Å². The zero-order valence-corrected chi connectivity index (χ0v) is 12.2. The van der Waals surface area contributed by atoms with E-state index < -0.39 is 11.9 Å². The number of methoxy groups -OCH3 is 1. The zero-order valence-electron chi connectivity index (χ0n) is 12.2. The second kappa shape index (κ2) is 6.56. The highest BCUT2D eigenvalue weighted by Gasteiger charge is 2.32. The Morgan fingerprint density at radius 3 is 2.81 bits per heavy atom. The molecule has 6 heteroatoms. The lowest BCUT2D eigenvalue weighted by atomic mass is 10.1. The summed E-state index contributed by atoms with van der Waals surface area (Å²) in [6, 6.07) is 3.98. The molecule has 1 aliphatic rings. The van der Waals surface area contributed by atoms with E-state index in [1.807, 2.05) is 6.92 Å². The number of benzene rings is 1. The molecule has 1 heterocycles. The first-order valence-electron chi connectivity index (χ1n) is 6.95. The third kappa shape index (κ3) is 3.51. The summed E-state index contributed by atoms with van der Waals surface area (Å²) in [6.07, 6.45) is 1.38. The second-order valence-electron chi connectivity index (χ2n) is 5.06. The maximum Gasteiger partial charge on any atom is 0.245 e. The average Bonchev–Trinajstić information content (AvgIpc) is 2.46. The molecule has 0 bridgehead atoms. The number of ether oxygens (including phenoxy) is 1. The third-order valence-corrected chi connectivity index (χ3v) is 3.48. The Kier molecular flexibility index (Phi) is 4.77. The standard InChI is InChI=1S/C15H19FN2O3/c1-3-4-13-15(20)18(9-14(19)17-13)8-10-5-6-11(21-2)7-12(10)16/h5-7,13H,3-4,8-9H2,1-2H3,(H,17,19). The summed E-state index contributed by atoms with van der Waals surface area (Å²) in [6.45, 7) is 1.99. The van der Waals surface area contributed by atoms with E-state index in [0.29, 0.717) is 17.7 Å². The highest BCUT2D eigenvalue weighted by atomic mass is 19.1. The van der Waals surface area contributed by atoms with E-state index in [4.69, 9.17) is 4.74 Å². The fourth-order valence-corrected chi connectivity index (χ4v) is 2.38. The van der Waals surface area contributed by atoms with Gasteiger partial charge in [0.05, 0.1) is 13.7 Å². The van der Waals surface area contributed by atoms with Crippen LogP contribution >= 0.6 is 0 Å². The molecule has 0 spiro atoms. The molecule has 1 atom stereocenters. The molecule has 1 N–H and O–H groups in total. The summed E-state index contributed by atoms with van der Waals surface area (Å²) in [5.74, 6) is -0.392. The van der Waals surface area contributed by atoms with Gasteiger partial charge < -0.3 is 15.0 Å². The normalized spacial score (nSPS) is 18.6. The Labute approximate surface area is 123 Å². The molecule has 1 aliphatic heterocycles. The number of amides is 2. The van der Waals surface area contributed by atoms with Crippen molar-refractivity contribution in [3.05, 3.63) is 29.6 Å². The first-order chi connectivity index (χ1) is 10.0. The Bertz CT molecular complexity index is 548. The lowest BCUT2D eigenvalue weighted by Crippen LogP contribution is -2.57. The molecule has 0 aromatic heterocycles. The lowest BCUT2D eigenvalue weighted by Gasteiger charge is -2.32. The van der Waals surface area contributed by atoms with Crippen LogP contribution in [0.2, 0.25) is 0 Å². The molecule has 114 valence electrons. The van der Waals surface area contributed by atoms with Crippen LogP contribution in [0.25, 0.3) is 0 Å². The Hall–Kier alpha value is -2.11. The van der Waals surface area contributed by atoms with Crippen LogP contribution in [0.15, 0.2) is 18.2 Å². The zero-order chi connectivity index (χ0) is 15.4. The first kappa shape index (κ1) is 15.3. The molecule has 1 aromatic carbocycles. The van der Waals surface area contributed by atoms with Gasteiger partial charge in [-0.15, -0.1) is 0 Å². The van der Waals surface area contributed by atoms with Crippen molar-refractivity contribution in [1.29, 1.82) is 0 Å². The van der Waals surface area contributed by atoms with E-state index in [0.717, 1.165) is 6.42 Å². The van der Waals surface area contributed by atoms with E-state index in [1.165, 1.54) is 18.1 Å². The molecule has 0 aliphatic carbocycles. The van der Waals surface area contributed by atoms with Crippen LogP contribution in [0, 0.1) is 5.82 Å². The molecule has 1 aromatic rings. The Morgan fingerprint density at radius 1 is 1.43 bits per heavy atom. The van der Waals surface area contributed by atoms with E-state index in [2.05, 4.69) is 5.32 Å². The van der Waals surface area contributed by atoms with Crippen LogP contribution in [0.1, 0.15) is 25.3 Å². The maximum absolute atomic E-state index is 13.9. The molecule has 2 amide bonds. The minimum Gasteiger partial charge on any atom is -0.497 e. The van der Waals surface area contributed by atoms with E-state index in [-0.39, 0.29) is 24.9 Å². The third-order valence-electron chi connectivity index (χ3n) is 3.48. The van der Waals surface area contributed by atoms with Crippen LogP contribution in [0.5, 0.6) is 5.75 Å². The van der Waals surface area contributed by atoms with Gasteiger partial charge in [-0.3, -0.25) is 9.59 Å². The summed E-state index contributed by atoms with van der Waals surface area (Å²) in [5.41, 5.74) is 0.370. The van der Waals surface area contributed by atoms with Gasteiger partial charge in [-0.05, 0) is 12.5 Å². The number of hydrogen-bond acceptors (Lipinski definition) is 3. The number of hydrogen-bond donors (Lipinski definition) is 1. The summed E-state index contributed by atoms with van der Waals surface area (Å²) < 4.78 is 18.9. The maximum atomic E-state index is 13.9. The van der Waals surface area contributed by atoms with Gasteiger partial charge in [0.25, 0.3) is 0 Å². The number of piperazine rings is 1. The molecule has 21 heavy (non-hydrogen) atoms. The molecule has 1 fully saturated rings. The molecule has 5 nitrogen and oxygen atoms in total. The monoisotopic (exact) mass is 294 g/mol. The molecule has 1 saturated heterocycles. The largest absolute Gasteiger partial charge is 0.497 e. The number of halogens is 1. The number of nitrogens with zero attached hydrogens (tertiary/aromatic N) is 1. The van der Waals surface area contributed by atoms with Gasteiger partial charge in [0.1, 0.15) is 17.6 Å².